The molecule has 5 heteroatoms. The van der Waals surface area contributed by atoms with E-state index in [0.717, 1.165) is 37.2 Å². The topological polar surface area (TPSA) is 55.4 Å². The highest BCUT2D eigenvalue weighted by Gasteiger charge is 2.18. The van der Waals surface area contributed by atoms with E-state index in [4.69, 9.17) is 4.74 Å². The number of ether oxygens (including phenoxy) is 1. The predicted octanol–water partition coefficient (Wildman–Crippen LogP) is 3.32. The van der Waals surface area contributed by atoms with Crippen LogP contribution in [0.2, 0.25) is 0 Å². The molecule has 0 unspecified atom stereocenters. The van der Waals surface area contributed by atoms with Gasteiger partial charge in [0.2, 0.25) is 0 Å². The van der Waals surface area contributed by atoms with Crippen molar-refractivity contribution in [2.45, 2.75) is 38.3 Å². The zero-order valence-electron chi connectivity index (χ0n) is 15.4. The largest absolute Gasteiger partial charge is 0.489 e. The molecule has 26 heavy (non-hydrogen) atoms. The average Bonchev–Trinajstić information content (AvgIpc) is 2.61. The molecule has 0 bridgehead atoms. The monoisotopic (exact) mass is 373 g/mol. The molecule has 1 N–H and O–H groups in total. The Morgan fingerprint density at radius 3 is 2.62 bits per heavy atom. The van der Waals surface area contributed by atoms with Gasteiger partial charge in [-0.25, -0.2) is 8.42 Å². The molecule has 2 aromatic carbocycles. The van der Waals surface area contributed by atoms with Crippen LogP contribution in [0.3, 0.4) is 0 Å². The van der Waals surface area contributed by atoms with Gasteiger partial charge in [-0.2, -0.15) is 0 Å². The lowest BCUT2D eigenvalue weighted by Crippen LogP contribution is -2.33. The maximum Gasteiger partial charge on any atom is 0.148 e. The van der Waals surface area contributed by atoms with E-state index in [0.29, 0.717) is 0 Å². The van der Waals surface area contributed by atoms with Crippen LogP contribution in [-0.2, 0) is 22.8 Å². The Kier molecular flexibility index (Phi) is 5.99. The first-order valence-electron chi connectivity index (χ1n) is 9.12. The molecular formula is C21H27NO3S. The van der Waals surface area contributed by atoms with Crippen LogP contribution in [0, 0.1) is 0 Å². The molecule has 2 atom stereocenters. The normalized spacial score (nSPS) is 18.0. The van der Waals surface area contributed by atoms with Crippen LogP contribution < -0.4 is 10.1 Å². The summed E-state index contributed by atoms with van der Waals surface area (Å²) in [6.07, 6.45) is 3.59. The average molecular weight is 374 g/mol. The maximum atomic E-state index is 11.4. The zero-order chi connectivity index (χ0) is 18.6. The molecule has 0 fully saturated rings. The molecule has 1 heterocycles. The van der Waals surface area contributed by atoms with Crippen LogP contribution in [0.1, 0.15) is 36.0 Å². The van der Waals surface area contributed by atoms with Crippen LogP contribution in [0.4, 0.5) is 0 Å². The molecule has 2 aromatic rings. The molecule has 4 nitrogen and oxygen atoms in total. The Balaban J connectivity index is 1.47. The van der Waals surface area contributed by atoms with Crippen molar-refractivity contribution in [1.82, 2.24) is 5.32 Å². The quantitative estimate of drug-likeness (QED) is 0.809. The number of para-hydroxylation sites is 1. The number of benzene rings is 2. The summed E-state index contributed by atoms with van der Waals surface area (Å²) in [5.41, 5.74) is 3.55. The van der Waals surface area contributed by atoms with Crippen molar-refractivity contribution in [3.05, 3.63) is 65.2 Å². The highest BCUT2D eigenvalue weighted by atomic mass is 32.2. The van der Waals surface area contributed by atoms with Crippen molar-refractivity contribution in [1.29, 1.82) is 0 Å². The molecule has 0 saturated carbocycles. The summed E-state index contributed by atoms with van der Waals surface area (Å²) in [6, 6.07) is 16.4. The maximum absolute atomic E-state index is 11.4. The SMILES string of the molecule is C[C@@H](CS(C)(=O)=O)c1ccc(CNC[C@H]2CCc3ccccc3O2)cc1. The van der Waals surface area contributed by atoms with Gasteiger partial charge in [-0.3, -0.25) is 0 Å². The number of sulfone groups is 1. The van der Waals surface area contributed by atoms with Crippen molar-refractivity contribution in [2.24, 2.45) is 0 Å². The smallest absolute Gasteiger partial charge is 0.148 e. The number of aryl methyl sites for hydroxylation is 1. The summed E-state index contributed by atoms with van der Waals surface area (Å²) in [5.74, 6) is 1.21. The molecule has 0 radical (unpaired) electrons. The Labute approximate surface area is 156 Å². The number of fused-ring (bicyclic) bond motifs is 1. The van der Waals surface area contributed by atoms with Crippen molar-refractivity contribution >= 4 is 9.84 Å². The Morgan fingerprint density at radius 2 is 1.88 bits per heavy atom. The van der Waals surface area contributed by atoms with Crippen molar-refractivity contribution < 1.29 is 13.2 Å². The second-order valence-corrected chi connectivity index (χ2v) is 9.44. The fraction of sp³-hybridized carbons (Fsp3) is 0.429. The fourth-order valence-corrected chi connectivity index (χ4v) is 4.52. The minimum atomic E-state index is -2.96. The van der Waals surface area contributed by atoms with Gasteiger partial charge in [0.25, 0.3) is 0 Å². The first kappa shape index (κ1) is 18.9. The summed E-state index contributed by atoms with van der Waals surface area (Å²) in [5, 5.41) is 3.47. The molecule has 1 aliphatic rings. The Bertz CT molecular complexity index is 831. The number of rotatable bonds is 7. The van der Waals surface area contributed by atoms with Gasteiger partial charge in [0, 0.05) is 19.3 Å². The lowest BCUT2D eigenvalue weighted by molar-refractivity contribution is 0.170. The van der Waals surface area contributed by atoms with E-state index in [1.54, 1.807) is 0 Å². The van der Waals surface area contributed by atoms with Crippen LogP contribution >= 0.6 is 0 Å². The van der Waals surface area contributed by atoms with Crippen molar-refractivity contribution in [3.8, 4) is 5.75 Å². The van der Waals surface area contributed by atoms with Gasteiger partial charge in [0.15, 0.2) is 0 Å². The van der Waals surface area contributed by atoms with Gasteiger partial charge in [0.05, 0.1) is 5.75 Å². The molecule has 0 aliphatic carbocycles. The van der Waals surface area contributed by atoms with Crippen molar-refractivity contribution in [2.75, 3.05) is 18.6 Å². The van der Waals surface area contributed by atoms with Gasteiger partial charge in [-0.05, 0) is 41.5 Å². The van der Waals surface area contributed by atoms with E-state index >= 15 is 0 Å². The van der Waals surface area contributed by atoms with E-state index in [9.17, 15) is 8.42 Å². The molecule has 3 rings (SSSR count). The number of nitrogens with one attached hydrogen (secondary N) is 1. The summed E-state index contributed by atoms with van der Waals surface area (Å²) < 4.78 is 28.9. The second kappa shape index (κ2) is 8.23. The van der Waals surface area contributed by atoms with Gasteiger partial charge in [-0.1, -0.05) is 49.4 Å². The molecule has 0 spiro atoms. The van der Waals surface area contributed by atoms with E-state index < -0.39 is 9.84 Å². The van der Waals surface area contributed by atoms with Crippen LogP contribution in [0.25, 0.3) is 0 Å². The summed E-state index contributed by atoms with van der Waals surface area (Å²) >= 11 is 0. The van der Waals surface area contributed by atoms with Crippen molar-refractivity contribution in [3.63, 3.8) is 0 Å². The van der Waals surface area contributed by atoms with Gasteiger partial charge >= 0.3 is 0 Å². The molecule has 140 valence electrons. The summed E-state index contributed by atoms with van der Waals surface area (Å²) in [4.78, 5) is 0. The lowest BCUT2D eigenvalue weighted by Gasteiger charge is -2.26. The molecule has 0 saturated heterocycles. The molecule has 0 aromatic heterocycles. The predicted molar refractivity (Wildman–Crippen MR) is 105 cm³/mol. The third kappa shape index (κ3) is 5.32. The molecule has 0 amide bonds. The van der Waals surface area contributed by atoms with Crippen LogP contribution in [0.5, 0.6) is 5.75 Å². The third-order valence-corrected chi connectivity index (χ3v) is 5.91. The summed E-state index contributed by atoms with van der Waals surface area (Å²) in [7, 11) is -2.96. The molecular weight excluding hydrogens is 346 g/mol. The minimum absolute atomic E-state index is 0.0164. The van der Waals surface area contributed by atoms with E-state index in [1.807, 2.05) is 31.2 Å². The number of hydrogen-bond donors (Lipinski definition) is 1. The standard InChI is InChI=1S/C21H27NO3S/c1-16(15-26(2,23)24)18-9-7-17(8-10-18)13-22-14-20-12-11-19-5-3-4-6-21(19)25-20/h3-10,16,20,22H,11-15H2,1-2H3/t16-,20+/m0/s1. The molecule has 1 aliphatic heterocycles. The van der Waals surface area contributed by atoms with Gasteiger partial charge in [0.1, 0.15) is 21.7 Å². The van der Waals surface area contributed by atoms with E-state index in [1.165, 1.54) is 17.4 Å². The first-order chi connectivity index (χ1) is 12.4. The third-order valence-electron chi connectivity index (χ3n) is 4.80. The zero-order valence-corrected chi connectivity index (χ0v) is 16.3. The van der Waals surface area contributed by atoms with E-state index in [2.05, 4.69) is 29.6 Å². The highest BCUT2D eigenvalue weighted by Crippen LogP contribution is 2.26. The van der Waals surface area contributed by atoms with Gasteiger partial charge < -0.3 is 10.1 Å². The van der Waals surface area contributed by atoms with Crippen LogP contribution in [0.15, 0.2) is 48.5 Å². The number of hydrogen-bond acceptors (Lipinski definition) is 4. The summed E-state index contributed by atoms with van der Waals surface area (Å²) in [6.45, 7) is 3.55. The second-order valence-electron chi connectivity index (χ2n) is 7.25. The fourth-order valence-electron chi connectivity index (χ4n) is 3.42. The Hall–Kier alpha value is -1.85. The lowest BCUT2D eigenvalue weighted by atomic mass is 10.0. The Morgan fingerprint density at radius 1 is 1.15 bits per heavy atom. The van der Waals surface area contributed by atoms with Gasteiger partial charge in [-0.15, -0.1) is 0 Å². The first-order valence-corrected chi connectivity index (χ1v) is 11.2. The van der Waals surface area contributed by atoms with E-state index in [-0.39, 0.29) is 17.8 Å². The van der Waals surface area contributed by atoms with Crippen LogP contribution in [-0.4, -0.2) is 33.1 Å². The minimum Gasteiger partial charge on any atom is -0.489 e. The highest BCUT2D eigenvalue weighted by molar-refractivity contribution is 7.90.